The fraction of sp³-hybridized carbons (Fsp3) is 0.409. The maximum Gasteiger partial charge on any atom is 0.224 e. The normalized spacial score (nSPS) is 16.5. The number of fused-ring (bicyclic) bond motifs is 1. The summed E-state index contributed by atoms with van der Waals surface area (Å²) in [7, 11) is 3.31. The molecule has 0 spiro atoms. The Morgan fingerprint density at radius 2 is 1.85 bits per heavy atom. The van der Waals surface area contributed by atoms with E-state index >= 15 is 0 Å². The summed E-state index contributed by atoms with van der Waals surface area (Å²) in [6.45, 7) is 4.65. The van der Waals surface area contributed by atoms with Gasteiger partial charge in [-0.1, -0.05) is 37.3 Å². The third kappa shape index (κ3) is 4.42. The minimum Gasteiger partial charge on any atom is -0.493 e. The number of methoxy groups -OCH3 is 2. The topological polar surface area (TPSA) is 50.8 Å². The Bertz CT molecular complexity index is 777. The van der Waals surface area contributed by atoms with Crippen molar-refractivity contribution in [2.24, 2.45) is 0 Å². The van der Waals surface area contributed by atoms with E-state index in [1.165, 1.54) is 11.1 Å². The third-order valence-corrected chi connectivity index (χ3v) is 5.22. The predicted octanol–water partition coefficient (Wildman–Crippen LogP) is 2.98. The summed E-state index contributed by atoms with van der Waals surface area (Å²) in [6.07, 6.45) is 1.37. The van der Waals surface area contributed by atoms with Crippen molar-refractivity contribution >= 4 is 5.91 Å². The van der Waals surface area contributed by atoms with Crippen LogP contribution in [0.5, 0.6) is 11.5 Å². The predicted molar refractivity (Wildman–Crippen MR) is 106 cm³/mol. The largest absolute Gasteiger partial charge is 0.493 e. The molecule has 0 unspecified atom stereocenters. The van der Waals surface area contributed by atoms with Gasteiger partial charge >= 0.3 is 0 Å². The van der Waals surface area contributed by atoms with E-state index in [1.54, 1.807) is 14.2 Å². The van der Waals surface area contributed by atoms with Gasteiger partial charge in [0.05, 0.1) is 26.7 Å². The second-order valence-corrected chi connectivity index (χ2v) is 6.77. The molecule has 0 saturated carbocycles. The highest BCUT2D eigenvalue weighted by Gasteiger charge is 2.28. The summed E-state index contributed by atoms with van der Waals surface area (Å²) >= 11 is 0. The van der Waals surface area contributed by atoms with Gasteiger partial charge in [0, 0.05) is 13.1 Å². The molecule has 0 saturated heterocycles. The maximum absolute atomic E-state index is 12.4. The summed E-state index contributed by atoms with van der Waals surface area (Å²) in [4.78, 5) is 14.8. The molecule has 0 bridgehead atoms. The summed E-state index contributed by atoms with van der Waals surface area (Å²) in [6, 6.07) is 14.1. The zero-order valence-electron chi connectivity index (χ0n) is 16.3. The highest BCUT2D eigenvalue weighted by Crippen LogP contribution is 2.37. The van der Waals surface area contributed by atoms with Gasteiger partial charge in [0.1, 0.15) is 0 Å². The van der Waals surface area contributed by atoms with Crippen LogP contribution in [0.2, 0.25) is 0 Å². The highest BCUT2D eigenvalue weighted by atomic mass is 16.5. The zero-order chi connectivity index (χ0) is 19.2. The second-order valence-electron chi connectivity index (χ2n) is 6.77. The molecule has 0 fully saturated rings. The van der Waals surface area contributed by atoms with Gasteiger partial charge in [-0.05, 0) is 41.8 Å². The third-order valence-electron chi connectivity index (χ3n) is 5.22. The van der Waals surface area contributed by atoms with Crippen LogP contribution < -0.4 is 14.8 Å². The average Bonchev–Trinajstić information content (AvgIpc) is 2.71. The number of benzene rings is 2. The van der Waals surface area contributed by atoms with Crippen LogP contribution in [0, 0.1) is 0 Å². The number of nitrogens with zero attached hydrogens (tertiary/aromatic N) is 1. The van der Waals surface area contributed by atoms with Crippen molar-refractivity contribution in [1.29, 1.82) is 0 Å². The van der Waals surface area contributed by atoms with E-state index in [1.807, 2.05) is 30.3 Å². The Labute approximate surface area is 161 Å². The van der Waals surface area contributed by atoms with Gasteiger partial charge in [0.2, 0.25) is 5.91 Å². The fourth-order valence-electron chi connectivity index (χ4n) is 3.75. The number of rotatable bonds is 7. The average molecular weight is 368 g/mol. The van der Waals surface area contributed by atoms with E-state index in [9.17, 15) is 4.79 Å². The maximum atomic E-state index is 12.4. The van der Waals surface area contributed by atoms with Gasteiger partial charge in [-0.3, -0.25) is 9.69 Å². The minimum atomic E-state index is 0.0462. The number of likely N-dealkylation sites (N-methyl/N-ethyl adjacent to an activating group) is 1. The first kappa shape index (κ1) is 19.2. The van der Waals surface area contributed by atoms with Crippen molar-refractivity contribution in [1.82, 2.24) is 10.2 Å². The van der Waals surface area contributed by atoms with Crippen LogP contribution in [0.3, 0.4) is 0 Å². The van der Waals surface area contributed by atoms with Crippen LogP contribution in [0.15, 0.2) is 42.5 Å². The molecule has 3 rings (SSSR count). The van der Waals surface area contributed by atoms with E-state index in [2.05, 4.69) is 29.3 Å². The Morgan fingerprint density at radius 3 is 2.52 bits per heavy atom. The van der Waals surface area contributed by atoms with Crippen molar-refractivity contribution < 1.29 is 14.3 Å². The lowest BCUT2D eigenvalue weighted by Crippen LogP contribution is -2.42. The Balaban J connectivity index is 1.76. The first-order valence-corrected chi connectivity index (χ1v) is 9.45. The molecule has 5 nitrogen and oxygen atoms in total. The van der Waals surface area contributed by atoms with E-state index in [4.69, 9.17) is 9.47 Å². The lowest BCUT2D eigenvalue weighted by molar-refractivity contribution is -0.120. The number of nitrogens with one attached hydrogen (secondary N) is 1. The van der Waals surface area contributed by atoms with Crippen molar-refractivity contribution in [3.8, 4) is 11.5 Å². The molecule has 0 aliphatic carbocycles. The van der Waals surface area contributed by atoms with E-state index in [0.717, 1.165) is 36.6 Å². The van der Waals surface area contributed by atoms with Gasteiger partial charge < -0.3 is 14.8 Å². The molecule has 1 aliphatic heterocycles. The van der Waals surface area contributed by atoms with E-state index in [0.29, 0.717) is 13.0 Å². The molecule has 1 N–H and O–H groups in total. The molecule has 1 amide bonds. The summed E-state index contributed by atoms with van der Waals surface area (Å²) in [5, 5.41) is 3.12. The summed E-state index contributed by atoms with van der Waals surface area (Å²) in [5.74, 6) is 1.53. The number of carbonyl (C=O) groups is 1. The smallest absolute Gasteiger partial charge is 0.224 e. The lowest BCUT2D eigenvalue weighted by atomic mass is 9.91. The van der Waals surface area contributed by atoms with Gasteiger partial charge in [-0.15, -0.1) is 0 Å². The Hall–Kier alpha value is -2.53. The molecule has 0 aromatic heterocycles. The molecule has 1 aliphatic rings. The van der Waals surface area contributed by atoms with Crippen molar-refractivity contribution in [3.63, 3.8) is 0 Å². The molecule has 2 aromatic rings. The molecular weight excluding hydrogens is 340 g/mol. The Kier molecular flexibility index (Phi) is 6.35. The number of amides is 1. The van der Waals surface area contributed by atoms with Crippen molar-refractivity contribution in [2.75, 3.05) is 33.9 Å². The molecule has 2 aromatic carbocycles. The Morgan fingerprint density at radius 1 is 1.15 bits per heavy atom. The van der Waals surface area contributed by atoms with E-state index < -0.39 is 0 Å². The van der Waals surface area contributed by atoms with Gasteiger partial charge in [-0.25, -0.2) is 0 Å². The minimum absolute atomic E-state index is 0.0462. The molecule has 1 heterocycles. The second kappa shape index (κ2) is 8.91. The fourth-order valence-corrected chi connectivity index (χ4v) is 3.75. The molecule has 0 radical (unpaired) electrons. The number of ether oxygens (including phenoxy) is 2. The van der Waals surface area contributed by atoms with Crippen molar-refractivity contribution in [3.05, 3.63) is 59.2 Å². The van der Waals surface area contributed by atoms with Gasteiger partial charge in [0.25, 0.3) is 0 Å². The van der Waals surface area contributed by atoms with Crippen LogP contribution in [0.1, 0.15) is 29.7 Å². The molecule has 1 atom stereocenters. The molecule has 5 heteroatoms. The molecular formula is C22H28N2O3. The number of hydrogen-bond donors (Lipinski definition) is 1. The molecule has 144 valence electrons. The highest BCUT2D eigenvalue weighted by molar-refractivity contribution is 5.78. The monoisotopic (exact) mass is 368 g/mol. The van der Waals surface area contributed by atoms with Crippen molar-refractivity contribution in [2.45, 2.75) is 25.8 Å². The van der Waals surface area contributed by atoms with Gasteiger partial charge in [-0.2, -0.15) is 0 Å². The quantitative estimate of drug-likeness (QED) is 0.816. The number of carbonyl (C=O) groups excluding carboxylic acids is 1. The van der Waals surface area contributed by atoms with E-state index in [-0.39, 0.29) is 11.9 Å². The van der Waals surface area contributed by atoms with Crippen LogP contribution in [-0.4, -0.2) is 44.7 Å². The summed E-state index contributed by atoms with van der Waals surface area (Å²) in [5.41, 5.74) is 3.50. The first-order valence-electron chi connectivity index (χ1n) is 9.45. The SMILES string of the molecule is CCN1CCc2cc(OC)c(OC)cc2[C@H]1CNC(=O)Cc1ccccc1. The first-order chi connectivity index (χ1) is 13.2. The molecule has 27 heavy (non-hydrogen) atoms. The lowest BCUT2D eigenvalue weighted by Gasteiger charge is -2.37. The zero-order valence-corrected chi connectivity index (χ0v) is 16.3. The van der Waals surface area contributed by atoms with Crippen LogP contribution in [0.25, 0.3) is 0 Å². The number of hydrogen-bond acceptors (Lipinski definition) is 4. The van der Waals surface area contributed by atoms with Gasteiger partial charge in [0.15, 0.2) is 11.5 Å². The van der Waals surface area contributed by atoms with Crippen LogP contribution in [-0.2, 0) is 17.6 Å². The standard InChI is InChI=1S/C22H28N2O3/c1-4-24-11-10-17-13-20(26-2)21(27-3)14-18(17)19(24)15-23-22(25)12-16-8-6-5-7-9-16/h5-9,13-14,19H,4,10-12,15H2,1-3H3,(H,23,25)/t19-/m1/s1. The van der Waals surface area contributed by atoms with Crippen LogP contribution in [0.4, 0.5) is 0 Å². The summed E-state index contributed by atoms with van der Waals surface area (Å²) < 4.78 is 10.9. The van der Waals surface area contributed by atoms with Crippen LogP contribution >= 0.6 is 0 Å².